The molecule has 5 N–H and O–H groups in total. The maximum Gasteiger partial charge on any atom is 2.00 e. The van der Waals surface area contributed by atoms with Gasteiger partial charge in [-0.25, -0.2) is 0 Å². The van der Waals surface area contributed by atoms with Crippen LogP contribution in [0, 0.1) is 6.92 Å². The van der Waals surface area contributed by atoms with Crippen LogP contribution in [0.25, 0.3) is 0 Å². The summed E-state index contributed by atoms with van der Waals surface area (Å²) in [6, 6.07) is 0. The molecule has 0 aliphatic carbocycles. The number of rotatable bonds is 7. The summed E-state index contributed by atoms with van der Waals surface area (Å²) in [6.45, 7) is 4.98. The standard InChI is InChI=1S/C6H12O7.C5H11.Zn/c7-1-2(8)3(9)4(10)5(11)6(12)13;1-3-5-4-2;/h2-5,7-11H,1H2,(H,12,13);1,3-5H2,2H3;/q;-1;+2/p-1. The molecule has 0 spiro atoms. The van der Waals surface area contributed by atoms with Gasteiger partial charge in [-0.2, -0.15) is 6.42 Å². The third-order valence-electron chi connectivity index (χ3n) is 2.10. The number of aliphatic hydroxyl groups is 5. The molecular formula is C11H22O7Zn. The maximum atomic E-state index is 9.98. The number of aliphatic carboxylic acids is 1. The SMILES string of the molecule is O=C([O-])C(O)C(O)C(O)C(O)CO.[CH2-]CCCC.[Zn+2]. The van der Waals surface area contributed by atoms with Crippen molar-refractivity contribution in [2.24, 2.45) is 0 Å². The molecule has 0 heterocycles. The van der Waals surface area contributed by atoms with Crippen molar-refractivity contribution in [3.63, 3.8) is 0 Å². The van der Waals surface area contributed by atoms with Crippen molar-refractivity contribution < 1.29 is 54.9 Å². The predicted octanol–water partition coefficient (Wildman–Crippen LogP) is -2.82. The zero-order valence-corrected chi connectivity index (χ0v) is 14.1. The Hall–Kier alpha value is -0.107. The zero-order chi connectivity index (χ0) is 14.7. The fraction of sp³-hybridized carbons (Fsp3) is 0.818. The number of carbonyl (C=O) groups excluding carboxylic acids is 1. The van der Waals surface area contributed by atoms with Crippen molar-refractivity contribution in [2.45, 2.75) is 50.6 Å². The molecule has 0 amide bonds. The van der Waals surface area contributed by atoms with Gasteiger partial charge in [0.2, 0.25) is 0 Å². The first-order valence-electron chi connectivity index (χ1n) is 5.66. The molecule has 8 heteroatoms. The van der Waals surface area contributed by atoms with Crippen LogP contribution in [0.2, 0.25) is 0 Å². The molecule has 0 fully saturated rings. The van der Waals surface area contributed by atoms with E-state index in [2.05, 4.69) is 13.8 Å². The molecule has 4 unspecified atom stereocenters. The van der Waals surface area contributed by atoms with Crippen LogP contribution in [0.5, 0.6) is 0 Å². The average Bonchev–Trinajstić information content (AvgIpc) is 2.36. The van der Waals surface area contributed by atoms with Crippen LogP contribution in [-0.2, 0) is 24.3 Å². The number of aliphatic hydroxyl groups excluding tert-OH is 5. The average molecular weight is 332 g/mol. The number of carboxylic acids is 1. The number of hydrogen-bond donors (Lipinski definition) is 5. The summed E-state index contributed by atoms with van der Waals surface area (Å²) in [6.07, 6.45) is -4.43. The van der Waals surface area contributed by atoms with Gasteiger partial charge in [0.25, 0.3) is 0 Å². The molecule has 0 rings (SSSR count). The van der Waals surface area contributed by atoms with Gasteiger partial charge in [-0.1, -0.05) is 19.8 Å². The Kier molecular flexibility index (Phi) is 18.0. The third-order valence-corrected chi connectivity index (χ3v) is 2.10. The van der Waals surface area contributed by atoms with Gasteiger partial charge in [0.15, 0.2) is 0 Å². The van der Waals surface area contributed by atoms with Gasteiger partial charge in [0, 0.05) is 0 Å². The number of carboxylic acid groups (broad SMARTS) is 1. The Morgan fingerprint density at radius 3 is 1.89 bits per heavy atom. The van der Waals surface area contributed by atoms with E-state index < -0.39 is 37.0 Å². The molecule has 110 valence electrons. The molecule has 0 bridgehead atoms. The van der Waals surface area contributed by atoms with Crippen LogP contribution in [0.1, 0.15) is 26.2 Å². The van der Waals surface area contributed by atoms with E-state index in [9.17, 15) is 9.90 Å². The Morgan fingerprint density at radius 2 is 1.68 bits per heavy atom. The first-order chi connectivity index (χ1) is 8.33. The van der Waals surface area contributed by atoms with E-state index in [0.717, 1.165) is 6.42 Å². The molecule has 0 radical (unpaired) electrons. The molecule has 0 aromatic rings. The van der Waals surface area contributed by atoms with Crippen LogP contribution in [0.4, 0.5) is 0 Å². The van der Waals surface area contributed by atoms with E-state index in [0.29, 0.717) is 0 Å². The maximum absolute atomic E-state index is 9.98. The van der Waals surface area contributed by atoms with E-state index in [1.165, 1.54) is 12.8 Å². The Bertz CT molecular complexity index is 213. The van der Waals surface area contributed by atoms with Crippen molar-refractivity contribution in [1.29, 1.82) is 0 Å². The second-order valence-corrected chi connectivity index (χ2v) is 3.70. The molecule has 7 nitrogen and oxygen atoms in total. The van der Waals surface area contributed by atoms with Crippen LogP contribution >= 0.6 is 0 Å². The van der Waals surface area contributed by atoms with Crippen molar-refractivity contribution in [3.8, 4) is 0 Å². The van der Waals surface area contributed by atoms with E-state index >= 15 is 0 Å². The minimum absolute atomic E-state index is 0. The van der Waals surface area contributed by atoms with Crippen LogP contribution < -0.4 is 5.11 Å². The second kappa shape index (κ2) is 14.3. The summed E-state index contributed by atoms with van der Waals surface area (Å²) in [7, 11) is 0. The van der Waals surface area contributed by atoms with Crippen LogP contribution in [0.15, 0.2) is 0 Å². The van der Waals surface area contributed by atoms with Crippen LogP contribution in [-0.4, -0.2) is 62.5 Å². The minimum Gasteiger partial charge on any atom is -0.547 e. The third kappa shape index (κ3) is 11.4. The van der Waals surface area contributed by atoms with Crippen molar-refractivity contribution in [3.05, 3.63) is 6.92 Å². The van der Waals surface area contributed by atoms with Gasteiger partial charge >= 0.3 is 19.5 Å². The van der Waals surface area contributed by atoms with Gasteiger partial charge in [0.05, 0.1) is 12.6 Å². The zero-order valence-electron chi connectivity index (χ0n) is 11.1. The van der Waals surface area contributed by atoms with E-state index in [1.807, 2.05) is 0 Å². The molecular weight excluding hydrogens is 310 g/mol. The largest absolute Gasteiger partial charge is 2.00 e. The Labute approximate surface area is 125 Å². The molecule has 0 aliphatic rings. The van der Waals surface area contributed by atoms with Crippen molar-refractivity contribution >= 4 is 5.97 Å². The van der Waals surface area contributed by atoms with Crippen molar-refractivity contribution in [2.75, 3.05) is 6.61 Å². The summed E-state index contributed by atoms with van der Waals surface area (Å²) in [5.41, 5.74) is 0. The normalized spacial score (nSPS) is 16.2. The molecule has 0 saturated carbocycles. The summed E-state index contributed by atoms with van der Waals surface area (Å²) in [4.78, 5) is 9.98. The Balaban J connectivity index is -0.000000366. The summed E-state index contributed by atoms with van der Waals surface area (Å²) in [5, 5.41) is 53.4. The van der Waals surface area contributed by atoms with Crippen LogP contribution in [0.3, 0.4) is 0 Å². The van der Waals surface area contributed by atoms with Gasteiger partial charge < -0.3 is 42.4 Å². The first-order valence-corrected chi connectivity index (χ1v) is 5.66. The number of carbonyl (C=O) groups is 1. The number of unbranched alkanes of at least 4 members (excludes halogenated alkanes) is 2. The smallest absolute Gasteiger partial charge is 0.547 e. The fourth-order valence-corrected chi connectivity index (χ4v) is 0.912. The molecule has 0 aliphatic heterocycles. The summed E-state index contributed by atoms with van der Waals surface area (Å²) < 4.78 is 0. The molecule has 19 heavy (non-hydrogen) atoms. The topological polar surface area (TPSA) is 141 Å². The van der Waals surface area contributed by atoms with E-state index in [4.69, 9.17) is 25.5 Å². The summed E-state index contributed by atoms with van der Waals surface area (Å²) >= 11 is 0. The fourth-order valence-electron chi connectivity index (χ4n) is 0.912. The first kappa shape index (κ1) is 23.9. The summed E-state index contributed by atoms with van der Waals surface area (Å²) in [5.74, 6) is -1.98. The molecule has 0 aromatic heterocycles. The minimum atomic E-state index is -2.31. The van der Waals surface area contributed by atoms with Crippen molar-refractivity contribution in [1.82, 2.24) is 0 Å². The van der Waals surface area contributed by atoms with E-state index in [-0.39, 0.29) is 19.5 Å². The van der Waals surface area contributed by atoms with E-state index in [1.54, 1.807) is 0 Å². The van der Waals surface area contributed by atoms with Gasteiger partial charge in [-0.15, -0.1) is 0 Å². The number of hydrogen-bond acceptors (Lipinski definition) is 7. The molecule has 4 atom stereocenters. The van der Waals surface area contributed by atoms with Gasteiger partial charge in [-0.05, 0) is 0 Å². The predicted molar refractivity (Wildman–Crippen MR) is 61.0 cm³/mol. The quantitative estimate of drug-likeness (QED) is 0.250. The molecule has 0 aromatic carbocycles. The second-order valence-electron chi connectivity index (χ2n) is 3.70. The van der Waals surface area contributed by atoms with Gasteiger partial charge in [-0.3, -0.25) is 0 Å². The monoisotopic (exact) mass is 330 g/mol. The van der Waals surface area contributed by atoms with Gasteiger partial charge in [0.1, 0.15) is 24.4 Å². The molecule has 0 saturated heterocycles. The Morgan fingerprint density at radius 1 is 1.21 bits per heavy atom.